The number of benzene rings is 1. The number of halogens is 3. The van der Waals surface area contributed by atoms with E-state index in [1.807, 2.05) is 6.92 Å². The third kappa shape index (κ3) is 2.32. The van der Waals surface area contributed by atoms with Crippen LogP contribution in [0, 0.1) is 29.3 Å². The normalized spacial score (nSPS) is 26.2. The highest BCUT2D eigenvalue weighted by Gasteiger charge is 2.32. The van der Waals surface area contributed by atoms with E-state index in [1.165, 1.54) is 0 Å². The zero-order valence-corrected chi connectivity index (χ0v) is 9.72. The van der Waals surface area contributed by atoms with Gasteiger partial charge in [-0.15, -0.1) is 0 Å². The van der Waals surface area contributed by atoms with E-state index >= 15 is 0 Å². The van der Waals surface area contributed by atoms with Crippen LogP contribution in [0.5, 0.6) is 0 Å². The summed E-state index contributed by atoms with van der Waals surface area (Å²) in [7, 11) is 0. The molecule has 1 nitrogen and oxygen atoms in total. The predicted octanol–water partition coefficient (Wildman–Crippen LogP) is 3.54. The van der Waals surface area contributed by atoms with Crippen LogP contribution in [-0.2, 0) is 0 Å². The van der Waals surface area contributed by atoms with Gasteiger partial charge in [0.15, 0.2) is 0 Å². The first-order valence-electron chi connectivity index (χ1n) is 5.90. The molecule has 0 saturated heterocycles. The molecule has 17 heavy (non-hydrogen) atoms. The fourth-order valence-corrected chi connectivity index (χ4v) is 2.79. The average Bonchev–Trinajstić information content (AvgIpc) is 2.62. The fraction of sp³-hybridized carbons (Fsp3) is 0.538. The first-order valence-corrected chi connectivity index (χ1v) is 5.90. The van der Waals surface area contributed by atoms with Gasteiger partial charge in [-0.1, -0.05) is 19.8 Å². The molecule has 1 aliphatic rings. The predicted molar refractivity (Wildman–Crippen MR) is 59.7 cm³/mol. The topological polar surface area (TPSA) is 26.0 Å². The van der Waals surface area contributed by atoms with Crippen molar-refractivity contribution in [1.29, 1.82) is 0 Å². The van der Waals surface area contributed by atoms with Crippen molar-refractivity contribution in [2.45, 2.75) is 32.2 Å². The molecular formula is C13H16F3N. The van der Waals surface area contributed by atoms with Gasteiger partial charge in [0.2, 0.25) is 0 Å². The van der Waals surface area contributed by atoms with E-state index in [0.29, 0.717) is 18.1 Å². The quantitative estimate of drug-likeness (QED) is 0.844. The molecule has 0 amide bonds. The second-order valence-corrected chi connectivity index (χ2v) is 4.88. The monoisotopic (exact) mass is 243 g/mol. The van der Waals surface area contributed by atoms with Gasteiger partial charge in [0.1, 0.15) is 17.5 Å². The lowest BCUT2D eigenvalue weighted by atomic mass is 9.86. The Balaban J connectivity index is 2.33. The molecule has 0 heterocycles. The van der Waals surface area contributed by atoms with Crippen LogP contribution in [-0.4, -0.2) is 0 Å². The highest BCUT2D eigenvalue weighted by atomic mass is 19.1. The van der Waals surface area contributed by atoms with E-state index in [9.17, 15) is 13.2 Å². The molecule has 0 aromatic heterocycles. The van der Waals surface area contributed by atoms with Crippen molar-refractivity contribution in [3.05, 3.63) is 35.1 Å². The molecule has 0 bridgehead atoms. The molecule has 2 N–H and O–H groups in total. The van der Waals surface area contributed by atoms with Crippen molar-refractivity contribution in [2.75, 3.05) is 0 Å². The van der Waals surface area contributed by atoms with E-state index in [-0.39, 0.29) is 11.5 Å². The van der Waals surface area contributed by atoms with Crippen molar-refractivity contribution in [2.24, 2.45) is 17.6 Å². The van der Waals surface area contributed by atoms with Crippen LogP contribution in [0.2, 0.25) is 0 Å². The highest BCUT2D eigenvalue weighted by Crippen LogP contribution is 2.40. The number of hydrogen-bond acceptors (Lipinski definition) is 1. The number of rotatable bonds is 2. The summed E-state index contributed by atoms with van der Waals surface area (Å²) in [6.45, 7) is 2.04. The Morgan fingerprint density at radius 3 is 2.24 bits per heavy atom. The molecule has 4 heteroatoms. The third-order valence-electron chi connectivity index (χ3n) is 3.77. The number of nitrogens with two attached hydrogens (primary N) is 1. The van der Waals surface area contributed by atoms with Crippen LogP contribution in [0.1, 0.15) is 37.8 Å². The molecule has 1 fully saturated rings. The zero-order valence-electron chi connectivity index (χ0n) is 9.72. The smallest absolute Gasteiger partial charge is 0.133 e. The van der Waals surface area contributed by atoms with E-state index in [2.05, 4.69) is 0 Å². The Kier molecular flexibility index (Phi) is 3.43. The Bertz CT molecular complexity index is 396. The van der Waals surface area contributed by atoms with Crippen molar-refractivity contribution in [3.8, 4) is 0 Å². The minimum Gasteiger partial charge on any atom is -0.324 e. The summed E-state index contributed by atoms with van der Waals surface area (Å²) < 4.78 is 40.0. The molecule has 0 aliphatic heterocycles. The Morgan fingerprint density at radius 2 is 1.76 bits per heavy atom. The fourth-order valence-electron chi connectivity index (χ4n) is 2.79. The maximum atomic E-state index is 13.6. The van der Waals surface area contributed by atoms with Gasteiger partial charge in [-0.2, -0.15) is 0 Å². The van der Waals surface area contributed by atoms with E-state index in [1.54, 1.807) is 0 Å². The van der Waals surface area contributed by atoms with Crippen molar-refractivity contribution >= 4 is 0 Å². The lowest BCUT2D eigenvalue weighted by Crippen LogP contribution is -2.25. The molecule has 3 atom stereocenters. The Morgan fingerprint density at radius 1 is 1.18 bits per heavy atom. The molecule has 1 aromatic rings. The summed E-state index contributed by atoms with van der Waals surface area (Å²) in [4.78, 5) is 0. The van der Waals surface area contributed by atoms with Crippen molar-refractivity contribution in [3.63, 3.8) is 0 Å². The van der Waals surface area contributed by atoms with E-state index in [0.717, 1.165) is 19.3 Å². The summed E-state index contributed by atoms with van der Waals surface area (Å²) in [5, 5.41) is 0. The molecule has 1 aromatic carbocycles. The highest BCUT2D eigenvalue weighted by molar-refractivity contribution is 5.25. The van der Waals surface area contributed by atoms with Gasteiger partial charge in [-0.25, -0.2) is 13.2 Å². The van der Waals surface area contributed by atoms with Gasteiger partial charge < -0.3 is 5.73 Å². The van der Waals surface area contributed by atoms with Gasteiger partial charge in [-0.3, -0.25) is 0 Å². The first-order chi connectivity index (χ1) is 8.00. The SMILES string of the molecule is CC1CCCC1C(N)c1c(F)cc(F)cc1F. The summed E-state index contributed by atoms with van der Waals surface area (Å²) in [6.07, 6.45) is 2.94. The van der Waals surface area contributed by atoms with Crippen LogP contribution >= 0.6 is 0 Å². The van der Waals surface area contributed by atoms with Crippen molar-refractivity contribution in [1.82, 2.24) is 0 Å². The summed E-state index contributed by atoms with van der Waals surface area (Å²) in [5.74, 6) is -2.24. The largest absolute Gasteiger partial charge is 0.324 e. The minimum absolute atomic E-state index is 0.0736. The lowest BCUT2D eigenvalue weighted by molar-refractivity contribution is 0.334. The summed E-state index contributed by atoms with van der Waals surface area (Å²) >= 11 is 0. The molecular weight excluding hydrogens is 227 g/mol. The first kappa shape index (κ1) is 12.4. The van der Waals surface area contributed by atoms with Gasteiger partial charge >= 0.3 is 0 Å². The number of hydrogen-bond donors (Lipinski definition) is 1. The Labute approximate surface area is 98.8 Å². The lowest BCUT2D eigenvalue weighted by Gasteiger charge is -2.24. The maximum Gasteiger partial charge on any atom is 0.133 e. The van der Waals surface area contributed by atoms with Crippen LogP contribution in [0.4, 0.5) is 13.2 Å². The van der Waals surface area contributed by atoms with Crippen LogP contribution in [0.3, 0.4) is 0 Å². The average molecular weight is 243 g/mol. The van der Waals surface area contributed by atoms with Gasteiger partial charge in [0.25, 0.3) is 0 Å². The summed E-state index contributed by atoms with van der Waals surface area (Å²) in [5.41, 5.74) is 5.76. The molecule has 94 valence electrons. The van der Waals surface area contributed by atoms with E-state index in [4.69, 9.17) is 5.73 Å². The van der Waals surface area contributed by atoms with Crippen LogP contribution in [0.15, 0.2) is 12.1 Å². The second kappa shape index (κ2) is 4.69. The standard InChI is InChI=1S/C13H16F3N/c1-7-3-2-4-9(7)13(17)12-10(15)5-8(14)6-11(12)16/h5-7,9,13H,2-4,17H2,1H3. The molecule has 2 rings (SSSR count). The van der Waals surface area contributed by atoms with Crippen LogP contribution < -0.4 is 5.73 Å². The van der Waals surface area contributed by atoms with Crippen molar-refractivity contribution < 1.29 is 13.2 Å². The van der Waals surface area contributed by atoms with E-state index < -0.39 is 23.5 Å². The molecule has 0 radical (unpaired) electrons. The molecule has 3 unspecified atom stereocenters. The molecule has 0 spiro atoms. The zero-order chi connectivity index (χ0) is 12.6. The molecule has 1 saturated carbocycles. The second-order valence-electron chi connectivity index (χ2n) is 4.88. The summed E-state index contributed by atoms with van der Waals surface area (Å²) in [6, 6.07) is 0.698. The van der Waals surface area contributed by atoms with Gasteiger partial charge in [0, 0.05) is 23.7 Å². The van der Waals surface area contributed by atoms with Crippen LogP contribution in [0.25, 0.3) is 0 Å². The maximum absolute atomic E-state index is 13.6. The molecule has 1 aliphatic carbocycles. The minimum atomic E-state index is -0.907. The Hall–Kier alpha value is -1.03. The third-order valence-corrected chi connectivity index (χ3v) is 3.77. The van der Waals surface area contributed by atoms with Gasteiger partial charge in [-0.05, 0) is 18.3 Å². The van der Waals surface area contributed by atoms with Gasteiger partial charge in [0.05, 0.1) is 0 Å².